The van der Waals surface area contributed by atoms with E-state index in [-0.39, 0.29) is 0 Å². The first-order chi connectivity index (χ1) is 9.33. The van der Waals surface area contributed by atoms with Crippen LogP contribution in [0, 0.1) is 0 Å². The molecule has 0 aliphatic carbocycles. The van der Waals surface area contributed by atoms with E-state index in [1.807, 2.05) is 18.2 Å². The van der Waals surface area contributed by atoms with Crippen LogP contribution < -0.4 is 11.3 Å². The summed E-state index contributed by atoms with van der Waals surface area (Å²) in [6.07, 6.45) is 2.04. The number of nitrogens with zero attached hydrogens (tertiary/aromatic N) is 1. The van der Waals surface area contributed by atoms with Crippen molar-refractivity contribution >= 4 is 27.4 Å². The van der Waals surface area contributed by atoms with Crippen molar-refractivity contribution in [3.63, 3.8) is 0 Å². The number of aryl methyl sites for hydroxylation is 1. The van der Waals surface area contributed by atoms with Gasteiger partial charge in [0.05, 0.1) is 11.2 Å². The summed E-state index contributed by atoms with van der Waals surface area (Å²) in [5, 5.41) is 3.45. The highest BCUT2D eigenvalue weighted by Gasteiger charge is 2.07. The molecule has 0 amide bonds. The third kappa shape index (κ3) is 2.02. The Morgan fingerprint density at radius 2 is 1.95 bits per heavy atom. The molecule has 3 aromatic rings. The summed E-state index contributed by atoms with van der Waals surface area (Å²) < 4.78 is 0. The van der Waals surface area contributed by atoms with Gasteiger partial charge < -0.3 is 5.43 Å². The molecule has 0 radical (unpaired) electrons. The summed E-state index contributed by atoms with van der Waals surface area (Å²) in [7, 11) is 0. The Balaban J connectivity index is 2.39. The molecular weight excluding hydrogens is 234 g/mol. The van der Waals surface area contributed by atoms with Crippen molar-refractivity contribution in [1.29, 1.82) is 0 Å². The molecule has 0 spiro atoms. The second-order valence-corrected chi connectivity index (χ2v) is 4.74. The summed E-state index contributed by atoms with van der Waals surface area (Å²) in [4.78, 5) is 4.81. The van der Waals surface area contributed by atoms with Gasteiger partial charge in [-0.05, 0) is 17.9 Å². The number of anilines is 1. The first-order valence-corrected chi connectivity index (χ1v) is 6.61. The van der Waals surface area contributed by atoms with Gasteiger partial charge in [-0.2, -0.15) is 0 Å². The van der Waals surface area contributed by atoms with Gasteiger partial charge in [0.2, 0.25) is 0 Å². The van der Waals surface area contributed by atoms with Gasteiger partial charge in [-0.15, -0.1) is 0 Å². The smallest absolute Gasteiger partial charge is 0.0804 e. The van der Waals surface area contributed by atoms with E-state index in [2.05, 4.69) is 36.6 Å². The maximum Gasteiger partial charge on any atom is 0.0804 e. The van der Waals surface area contributed by atoms with Gasteiger partial charge in [0.25, 0.3) is 0 Å². The van der Waals surface area contributed by atoms with E-state index in [1.54, 1.807) is 0 Å². The molecule has 0 unspecified atom stereocenters. The van der Waals surface area contributed by atoms with Crippen LogP contribution in [0.4, 0.5) is 5.69 Å². The maximum absolute atomic E-state index is 5.65. The molecule has 0 atom stereocenters. The van der Waals surface area contributed by atoms with Crippen LogP contribution in [0.5, 0.6) is 0 Å². The highest BCUT2D eigenvalue weighted by Crippen LogP contribution is 2.29. The molecule has 3 N–H and O–H groups in total. The van der Waals surface area contributed by atoms with Crippen molar-refractivity contribution < 1.29 is 0 Å². The van der Waals surface area contributed by atoms with E-state index in [1.165, 1.54) is 10.8 Å². The maximum atomic E-state index is 5.65. The number of fused-ring (bicyclic) bond motifs is 3. The molecule has 1 heterocycles. The van der Waals surface area contributed by atoms with Crippen LogP contribution in [0.1, 0.15) is 19.0 Å². The molecule has 96 valence electrons. The Morgan fingerprint density at radius 3 is 2.74 bits per heavy atom. The molecule has 2 aromatic carbocycles. The number of hydrazine groups is 1. The minimum Gasteiger partial charge on any atom is -0.323 e. The van der Waals surface area contributed by atoms with E-state index in [4.69, 9.17) is 10.8 Å². The van der Waals surface area contributed by atoms with Gasteiger partial charge in [0.1, 0.15) is 0 Å². The van der Waals surface area contributed by atoms with E-state index in [0.29, 0.717) is 0 Å². The molecule has 0 fully saturated rings. The SMILES string of the molecule is CCCc1cc(NN)c2ccc3ccccc3c2n1. The number of hydrogen-bond acceptors (Lipinski definition) is 3. The zero-order valence-electron chi connectivity index (χ0n) is 11.0. The minimum atomic E-state index is 0.944. The standard InChI is InChI=1S/C16H17N3/c1-2-5-12-10-15(19-17)14-9-8-11-6-3-4-7-13(11)16(14)18-12/h3-4,6-10H,2,5,17H2,1H3,(H,18,19). The number of nitrogen functional groups attached to an aromatic ring is 1. The largest absolute Gasteiger partial charge is 0.323 e. The Bertz CT molecular complexity index is 734. The molecule has 0 bridgehead atoms. The van der Waals surface area contributed by atoms with E-state index >= 15 is 0 Å². The lowest BCUT2D eigenvalue weighted by molar-refractivity contribution is 0.890. The van der Waals surface area contributed by atoms with Gasteiger partial charge in [0.15, 0.2) is 0 Å². The Labute approximate surface area is 112 Å². The molecule has 0 aliphatic rings. The molecule has 0 aliphatic heterocycles. The zero-order chi connectivity index (χ0) is 13.2. The van der Waals surface area contributed by atoms with Crippen LogP contribution in [-0.2, 0) is 6.42 Å². The lowest BCUT2D eigenvalue weighted by Crippen LogP contribution is -2.08. The molecule has 3 nitrogen and oxygen atoms in total. The van der Waals surface area contributed by atoms with Crippen molar-refractivity contribution in [2.75, 3.05) is 5.43 Å². The third-order valence-electron chi connectivity index (χ3n) is 3.42. The van der Waals surface area contributed by atoms with Crippen LogP contribution in [0.3, 0.4) is 0 Å². The van der Waals surface area contributed by atoms with Crippen molar-refractivity contribution in [2.24, 2.45) is 5.84 Å². The Morgan fingerprint density at radius 1 is 1.11 bits per heavy atom. The summed E-state index contributed by atoms with van der Waals surface area (Å²) in [6.45, 7) is 2.16. The zero-order valence-corrected chi connectivity index (χ0v) is 11.0. The summed E-state index contributed by atoms with van der Waals surface area (Å²) in [5.74, 6) is 5.65. The van der Waals surface area contributed by atoms with Gasteiger partial charge in [0, 0.05) is 16.5 Å². The van der Waals surface area contributed by atoms with Crippen LogP contribution in [0.2, 0.25) is 0 Å². The van der Waals surface area contributed by atoms with Crippen LogP contribution in [-0.4, -0.2) is 4.98 Å². The molecule has 0 saturated heterocycles. The molecular formula is C16H17N3. The molecule has 19 heavy (non-hydrogen) atoms. The van der Waals surface area contributed by atoms with Crippen LogP contribution >= 0.6 is 0 Å². The predicted octanol–water partition coefficient (Wildman–Crippen LogP) is 3.63. The van der Waals surface area contributed by atoms with Crippen molar-refractivity contribution in [3.05, 3.63) is 48.2 Å². The van der Waals surface area contributed by atoms with Crippen molar-refractivity contribution in [2.45, 2.75) is 19.8 Å². The predicted molar refractivity (Wildman–Crippen MR) is 81.1 cm³/mol. The van der Waals surface area contributed by atoms with Gasteiger partial charge >= 0.3 is 0 Å². The summed E-state index contributed by atoms with van der Waals surface area (Å²) in [5.41, 5.74) is 5.84. The second-order valence-electron chi connectivity index (χ2n) is 4.74. The molecule has 3 heteroatoms. The summed E-state index contributed by atoms with van der Waals surface area (Å²) in [6, 6.07) is 14.5. The minimum absolute atomic E-state index is 0.944. The monoisotopic (exact) mass is 251 g/mol. The lowest BCUT2D eigenvalue weighted by Gasteiger charge is -2.10. The molecule has 1 aromatic heterocycles. The van der Waals surface area contributed by atoms with E-state index < -0.39 is 0 Å². The molecule has 3 rings (SSSR count). The first-order valence-electron chi connectivity index (χ1n) is 6.61. The molecule has 0 saturated carbocycles. The number of hydrogen-bond donors (Lipinski definition) is 2. The summed E-state index contributed by atoms with van der Waals surface area (Å²) >= 11 is 0. The quantitative estimate of drug-likeness (QED) is 0.424. The number of aromatic nitrogens is 1. The number of nitrogens with one attached hydrogen (secondary N) is 1. The second kappa shape index (κ2) is 4.86. The lowest BCUT2D eigenvalue weighted by atomic mass is 10.0. The highest BCUT2D eigenvalue weighted by atomic mass is 15.2. The first kappa shape index (κ1) is 11.9. The Kier molecular flexibility index (Phi) is 3.05. The number of benzene rings is 2. The van der Waals surface area contributed by atoms with E-state index in [0.717, 1.165) is 35.1 Å². The van der Waals surface area contributed by atoms with E-state index in [9.17, 15) is 0 Å². The normalized spacial score (nSPS) is 11.1. The van der Waals surface area contributed by atoms with Gasteiger partial charge in [-0.25, -0.2) is 0 Å². The number of nitrogens with two attached hydrogens (primary N) is 1. The Hall–Kier alpha value is -2.13. The third-order valence-corrected chi connectivity index (χ3v) is 3.42. The van der Waals surface area contributed by atoms with Crippen molar-refractivity contribution in [3.8, 4) is 0 Å². The topological polar surface area (TPSA) is 50.9 Å². The van der Waals surface area contributed by atoms with Crippen molar-refractivity contribution in [1.82, 2.24) is 4.98 Å². The highest BCUT2D eigenvalue weighted by molar-refractivity contribution is 6.09. The number of pyridine rings is 1. The average Bonchev–Trinajstić information content (AvgIpc) is 2.46. The number of rotatable bonds is 3. The van der Waals surface area contributed by atoms with Gasteiger partial charge in [-0.1, -0.05) is 49.7 Å². The fraction of sp³-hybridized carbons (Fsp3) is 0.188. The van der Waals surface area contributed by atoms with Gasteiger partial charge in [-0.3, -0.25) is 10.8 Å². The fourth-order valence-electron chi connectivity index (χ4n) is 2.52. The average molecular weight is 251 g/mol. The fourth-order valence-corrected chi connectivity index (χ4v) is 2.52. The van der Waals surface area contributed by atoms with Crippen LogP contribution in [0.25, 0.3) is 21.7 Å². The van der Waals surface area contributed by atoms with Crippen LogP contribution in [0.15, 0.2) is 42.5 Å².